The Balaban J connectivity index is 1.74. The third kappa shape index (κ3) is 3.53. The van der Waals surface area contributed by atoms with Crippen LogP contribution >= 0.6 is 0 Å². The number of nitrogens with one attached hydrogen (secondary N) is 1. The van der Waals surface area contributed by atoms with Gasteiger partial charge in [0.25, 0.3) is 5.56 Å². The van der Waals surface area contributed by atoms with Gasteiger partial charge in [0.15, 0.2) is 0 Å². The van der Waals surface area contributed by atoms with Gasteiger partial charge in [-0.15, -0.1) is 0 Å². The molecule has 150 valence electrons. The van der Waals surface area contributed by atoms with Gasteiger partial charge in [-0.1, -0.05) is 12.1 Å². The van der Waals surface area contributed by atoms with Crippen LogP contribution in [-0.2, 0) is 24.2 Å². The molecule has 2 heterocycles. The molecule has 1 N–H and O–H groups in total. The van der Waals surface area contributed by atoms with E-state index in [0.29, 0.717) is 29.4 Å². The van der Waals surface area contributed by atoms with Crippen LogP contribution in [0.2, 0.25) is 0 Å². The van der Waals surface area contributed by atoms with Gasteiger partial charge in [0.2, 0.25) is 11.9 Å². The minimum absolute atomic E-state index is 0.162. The van der Waals surface area contributed by atoms with Crippen LogP contribution in [0.15, 0.2) is 35.1 Å². The molecule has 0 aliphatic heterocycles. The normalized spacial score (nSPS) is 12.7. The summed E-state index contributed by atoms with van der Waals surface area (Å²) in [4.78, 5) is 30.7. The van der Waals surface area contributed by atoms with Crippen LogP contribution in [0, 0.1) is 13.8 Å². The Bertz CT molecular complexity index is 1150. The fraction of sp³-hybridized carbons (Fsp3) is 0.333. The SMILES string of the molecule is COc1ccccc1NC(=O)Cn1c(-n2nc(C)cc2C)nc2c(c1=O)CCC2. The molecule has 3 aromatic rings. The molecule has 0 bridgehead atoms. The highest BCUT2D eigenvalue weighted by molar-refractivity contribution is 5.92. The average molecular weight is 393 g/mol. The molecule has 4 rings (SSSR count). The minimum atomic E-state index is -0.334. The van der Waals surface area contributed by atoms with E-state index in [1.807, 2.05) is 32.0 Å². The maximum Gasteiger partial charge on any atom is 0.258 e. The Hall–Kier alpha value is -3.42. The van der Waals surface area contributed by atoms with E-state index in [1.54, 1.807) is 23.9 Å². The summed E-state index contributed by atoms with van der Waals surface area (Å²) in [7, 11) is 1.54. The Morgan fingerprint density at radius 3 is 2.76 bits per heavy atom. The van der Waals surface area contributed by atoms with Crippen molar-refractivity contribution in [3.05, 3.63) is 63.3 Å². The number of aromatic nitrogens is 4. The summed E-state index contributed by atoms with van der Waals surface area (Å²) < 4.78 is 8.32. The number of hydrogen-bond donors (Lipinski definition) is 1. The fourth-order valence-electron chi connectivity index (χ4n) is 3.73. The van der Waals surface area contributed by atoms with Crippen LogP contribution in [0.5, 0.6) is 5.75 Å². The number of methoxy groups -OCH3 is 1. The molecular weight excluding hydrogens is 370 g/mol. The summed E-state index contributed by atoms with van der Waals surface area (Å²) in [5, 5.41) is 7.29. The van der Waals surface area contributed by atoms with Crippen molar-refractivity contribution in [3.8, 4) is 11.7 Å². The van der Waals surface area contributed by atoms with Crippen LogP contribution in [0.4, 0.5) is 5.69 Å². The number of para-hydroxylation sites is 2. The van der Waals surface area contributed by atoms with E-state index in [2.05, 4.69) is 10.4 Å². The van der Waals surface area contributed by atoms with Crippen molar-refractivity contribution in [2.24, 2.45) is 0 Å². The predicted molar refractivity (Wildman–Crippen MR) is 109 cm³/mol. The number of carbonyl (C=O) groups is 1. The molecule has 2 aromatic heterocycles. The summed E-state index contributed by atoms with van der Waals surface area (Å²) in [5.41, 5.74) is 3.55. The molecule has 1 aromatic carbocycles. The van der Waals surface area contributed by atoms with Crippen LogP contribution in [0.1, 0.15) is 29.1 Å². The first kappa shape index (κ1) is 18.9. The summed E-state index contributed by atoms with van der Waals surface area (Å²) in [6.45, 7) is 3.62. The van der Waals surface area contributed by atoms with E-state index < -0.39 is 0 Å². The van der Waals surface area contributed by atoms with E-state index in [1.165, 1.54) is 4.57 Å². The highest BCUT2D eigenvalue weighted by Gasteiger charge is 2.24. The first-order valence-corrected chi connectivity index (χ1v) is 9.57. The molecular formula is C21H23N5O3. The zero-order chi connectivity index (χ0) is 20.5. The lowest BCUT2D eigenvalue weighted by Gasteiger charge is -2.16. The molecule has 1 aliphatic rings. The van der Waals surface area contributed by atoms with Gasteiger partial charge in [0.1, 0.15) is 12.3 Å². The van der Waals surface area contributed by atoms with Crippen molar-refractivity contribution >= 4 is 11.6 Å². The second kappa shape index (κ2) is 7.54. The monoisotopic (exact) mass is 393 g/mol. The predicted octanol–water partition coefficient (Wildman–Crippen LogP) is 2.18. The molecule has 0 atom stereocenters. The zero-order valence-corrected chi connectivity index (χ0v) is 16.7. The number of nitrogens with zero attached hydrogens (tertiary/aromatic N) is 4. The van der Waals surface area contributed by atoms with Gasteiger partial charge in [-0.05, 0) is 51.3 Å². The summed E-state index contributed by atoms with van der Waals surface area (Å²) in [6.07, 6.45) is 2.35. The van der Waals surface area contributed by atoms with Crippen molar-refractivity contribution in [2.75, 3.05) is 12.4 Å². The maximum atomic E-state index is 13.2. The second-order valence-electron chi connectivity index (χ2n) is 7.17. The zero-order valence-electron chi connectivity index (χ0n) is 16.7. The molecule has 8 heteroatoms. The summed E-state index contributed by atoms with van der Waals surface area (Å²) in [5.74, 6) is 0.592. The molecule has 29 heavy (non-hydrogen) atoms. The fourth-order valence-corrected chi connectivity index (χ4v) is 3.73. The number of rotatable bonds is 5. The van der Waals surface area contributed by atoms with Crippen molar-refractivity contribution in [1.82, 2.24) is 19.3 Å². The molecule has 0 fully saturated rings. The minimum Gasteiger partial charge on any atom is -0.495 e. The molecule has 0 saturated heterocycles. The topological polar surface area (TPSA) is 91.0 Å². The van der Waals surface area contributed by atoms with E-state index in [0.717, 1.165) is 29.9 Å². The van der Waals surface area contributed by atoms with Gasteiger partial charge in [-0.3, -0.25) is 14.2 Å². The smallest absolute Gasteiger partial charge is 0.258 e. The number of carbonyl (C=O) groups excluding carboxylic acids is 1. The van der Waals surface area contributed by atoms with E-state index in [9.17, 15) is 9.59 Å². The Labute approximate surface area is 168 Å². The van der Waals surface area contributed by atoms with Gasteiger partial charge >= 0.3 is 0 Å². The first-order valence-electron chi connectivity index (χ1n) is 9.57. The standard InChI is InChI=1S/C21H23N5O3/c1-13-11-14(2)26(24-13)21-23-16-9-6-7-15(16)20(28)25(21)12-19(27)22-17-8-4-5-10-18(17)29-3/h4-5,8,10-11H,6-7,9,12H2,1-3H3,(H,22,27). The van der Waals surface area contributed by atoms with Crippen LogP contribution in [-0.4, -0.2) is 32.3 Å². The Morgan fingerprint density at radius 2 is 2.03 bits per heavy atom. The number of fused-ring (bicyclic) bond motifs is 1. The van der Waals surface area contributed by atoms with Crippen LogP contribution in [0.25, 0.3) is 5.95 Å². The lowest BCUT2D eigenvalue weighted by Crippen LogP contribution is -2.34. The number of ether oxygens (including phenoxy) is 1. The van der Waals surface area contributed by atoms with Crippen molar-refractivity contribution in [3.63, 3.8) is 0 Å². The average Bonchev–Trinajstić information content (AvgIpc) is 3.30. The summed E-state index contributed by atoms with van der Waals surface area (Å²) >= 11 is 0. The molecule has 1 amide bonds. The summed E-state index contributed by atoms with van der Waals surface area (Å²) in [6, 6.07) is 9.06. The second-order valence-corrected chi connectivity index (χ2v) is 7.17. The number of aryl methyl sites for hydroxylation is 3. The first-order chi connectivity index (χ1) is 14.0. The lowest BCUT2D eigenvalue weighted by atomic mass is 10.2. The van der Waals surface area contributed by atoms with E-state index in [4.69, 9.17) is 9.72 Å². The largest absolute Gasteiger partial charge is 0.495 e. The lowest BCUT2D eigenvalue weighted by molar-refractivity contribution is -0.116. The van der Waals surface area contributed by atoms with Crippen LogP contribution < -0.4 is 15.6 Å². The van der Waals surface area contributed by atoms with E-state index in [-0.39, 0.29) is 18.0 Å². The molecule has 0 unspecified atom stereocenters. The number of hydrogen-bond acceptors (Lipinski definition) is 5. The van der Waals surface area contributed by atoms with Gasteiger partial charge in [0.05, 0.1) is 24.2 Å². The molecule has 0 radical (unpaired) electrons. The highest BCUT2D eigenvalue weighted by atomic mass is 16.5. The maximum absolute atomic E-state index is 13.2. The molecule has 8 nitrogen and oxygen atoms in total. The van der Waals surface area contributed by atoms with Crippen molar-refractivity contribution in [2.45, 2.75) is 39.7 Å². The third-order valence-corrected chi connectivity index (χ3v) is 5.05. The molecule has 1 aliphatic carbocycles. The van der Waals surface area contributed by atoms with Gasteiger partial charge in [-0.25, -0.2) is 9.67 Å². The number of anilines is 1. The van der Waals surface area contributed by atoms with Crippen LogP contribution in [0.3, 0.4) is 0 Å². The molecule has 0 spiro atoms. The Morgan fingerprint density at radius 1 is 1.24 bits per heavy atom. The van der Waals surface area contributed by atoms with E-state index >= 15 is 0 Å². The van der Waals surface area contributed by atoms with Gasteiger partial charge in [0, 0.05) is 11.3 Å². The van der Waals surface area contributed by atoms with Gasteiger partial charge in [-0.2, -0.15) is 5.10 Å². The highest BCUT2D eigenvalue weighted by Crippen LogP contribution is 2.23. The molecule has 0 saturated carbocycles. The Kier molecular flexibility index (Phi) is 4.92. The van der Waals surface area contributed by atoms with Crippen molar-refractivity contribution in [1.29, 1.82) is 0 Å². The number of amides is 1. The van der Waals surface area contributed by atoms with Crippen molar-refractivity contribution < 1.29 is 9.53 Å². The number of benzene rings is 1. The quantitative estimate of drug-likeness (QED) is 0.717. The van der Waals surface area contributed by atoms with Gasteiger partial charge < -0.3 is 10.1 Å². The third-order valence-electron chi connectivity index (χ3n) is 5.05.